The lowest BCUT2D eigenvalue weighted by Crippen LogP contribution is -2.61. The molecule has 1 N–H and O–H groups in total. The number of hydrogen-bond donors (Lipinski definition) is 1. The highest BCUT2D eigenvalue weighted by Crippen LogP contribution is 2.52. The molecule has 2 aliphatic rings. The van der Waals surface area contributed by atoms with Gasteiger partial charge >= 0.3 is 15.5 Å². The van der Waals surface area contributed by atoms with Crippen LogP contribution in [0.4, 0.5) is 22.0 Å². The van der Waals surface area contributed by atoms with Crippen molar-refractivity contribution in [3.63, 3.8) is 0 Å². The van der Waals surface area contributed by atoms with Crippen LogP contribution < -0.4 is 4.72 Å². The fraction of sp³-hybridized carbons (Fsp3) is 0.444. The van der Waals surface area contributed by atoms with Crippen molar-refractivity contribution in [3.05, 3.63) is 52.6 Å². The van der Waals surface area contributed by atoms with Crippen molar-refractivity contribution in [2.24, 2.45) is 5.92 Å². The molecular weight excluding hydrogens is 489 g/mol. The quantitative estimate of drug-likeness (QED) is 0.594. The molecule has 1 saturated carbocycles. The van der Waals surface area contributed by atoms with Gasteiger partial charge in [-0.15, -0.1) is 0 Å². The lowest BCUT2D eigenvalue weighted by Gasteiger charge is -2.48. The Morgan fingerprint density at radius 2 is 1.61 bits per heavy atom. The SMILES string of the molecule is CC1CC(F)=CC(C2(S(=O)(=O)c3ccc(Cl)cc3)CC(NS(=O)(=O)C(F)(F)F)C2)=C1F. The van der Waals surface area contributed by atoms with Crippen molar-refractivity contribution in [1.82, 2.24) is 4.72 Å². The molecule has 0 saturated heterocycles. The van der Waals surface area contributed by atoms with E-state index in [-0.39, 0.29) is 16.3 Å². The maximum absolute atomic E-state index is 15.0. The lowest BCUT2D eigenvalue weighted by molar-refractivity contribution is -0.0454. The number of halogens is 6. The molecule has 172 valence electrons. The Kier molecular flexibility index (Phi) is 6.09. The molecule has 5 nitrogen and oxygen atoms in total. The van der Waals surface area contributed by atoms with E-state index in [1.54, 1.807) is 0 Å². The van der Waals surface area contributed by atoms with Crippen LogP contribution in [0.3, 0.4) is 0 Å². The zero-order chi connectivity index (χ0) is 23.4. The molecule has 1 unspecified atom stereocenters. The van der Waals surface area contributed by atoms with Gasteiger partial charge < -0.3 is 0 Å². The molecule has 1 atom stereocenters. The molecule has 0 heterocycles. The average molecular weight is 506 g/mol. The van der Waals surface area contributed by atoms with E-state index in [1.165, 1.54) is 23.8 Å². The Balaban J connectivity index is 2.08. The number of nitrogens with one attached hydrogen (secondary N) is 1. The van der Waals surface area contributed by atoms with E-state index < -0.39 is 72.1 Å². The van der Waals surface area contributed by atoms with Gasteiger partial charge in [0, 0.05) is 29.0 Å². The van der Waals surface area contributed by atoms with Crippen LogP contribution in [0.25, 0.3) is 0 Å². The van der Waals surface area contributed by atoms with Crippen LogP contribution in [-0.4, -0.2) is 33.1 Å². The Morgan fingerprint density at radius 3 is 2.13 bits per heavy atom. The van der Waals surface area contributed by atoms with Gasteiger partial charge in [0.1, 0.15) is 16.4 Å². The van der Waals surface area contributed by atoms with Crippen molar-refractivity contribution >= 4 is 31.5 Å². The maximum atomic E-state index is 15.0. The van der Waals surface area contributed by atoms with Crippen molar-refractivity contribution in [2.75, 3.05) is 0 Å². The molecule has 3 rings (SSSR count). The number of rotatable bonds is 5. The molecule has 1 fully saturated rings. The summed E-state index contributed by atoms with van der Waals surface area (Å²) in [5.41, 5.74) is -6.11. The molecule has 0 aliphatic heterocycles. The second-order valence-electron chi connectivity index (χ2n) is 7.58. The number of hydrogen-bond acceptors (Lipinski definition) is 4. The molecule has 0 amide bonds. The molecule has 0 spiro atoms. The fourth-order valence-electron chi connectivity index (χ4n) is 3.81. The van der Waals surface area contributed by atoms with Crippen LogP contribution in [-0.2, 0) is 19.9 Å². The van der Waals surface area contributed by atoms with Gasteiger partial charge in [0.05, 0.1) is 4.90 Å². The van der Waals surface area contributed by atoms with E-state index in [4.69, 9.17) is 11.6 Å². The molecule has 13 heteroatoms. The number of allylic oxidation sites excluding steroid dienone is 3. The van der Waals surface area contributed by atoms with E-state index in [0.717, 1.165) is 18.2 Å². The van der Waals surface area contributed by atoms with Crippen LogP contribution >= 0.6 is 11.6 Å². The van der Waals surface area contributed by atoms with Crippen LogP contribution in [0.5, 0.6) is 0 Å². The monoisotopic (exact) mass is 505 g/mol. The van der Waals surface area contributed by atoms with Crippen molar-refractivity contribution in [1.29, 1.82) is 0 Å². The summed E-state index contributed by atoms with van der Waals surface area (Å²) in [5, 5.41) is 0.208. The molecule has 1 aromatic carbocycles. The topological polar surface area (TPSA) is 80.3 Å². The predicted molar refractivity (Wildman–Crippen MR) is 104 cm³/mol. The minimum Gasteiger partial charge on any atom is -0.223 e. The largest absolute Gasteiger partial charge is 0.511 e. The molecule has 31 heavy (non-hydrogen) atoms. The van der Waals surface area contributed by atoms with Gasteiger partial charge in [-0.05, 0) is 43.2 Å². The Bertz CT molecular complexity index is 1150. The van der Waals surface area contributed by atoms with Crippen LogP contribution in [0, 0.1) is 5.92 Å². The lowest BCUT2D eigenvalue weighted by atomic mass is 9.72. The number of sulfonamides is 1. The number of sulfone groups is 1. The zero-order valence-corrected chi connectivity index (χ0v) is 18.3. The van der Waals surface area contributed by atoms with Gasteiger partial charge in [0.25, 0.3) is 0 Å². The second kappa shape index (κ2) is 7.82. The summed E-state index contributed by atoms with van der Waals surface area (Å²) in [6.45, 7) is 1.34. The van der Waals surface area contributed by atoms with Crippen molar-refractivity contribution in [2.45, 2.75) is 47.4 Å². The van der Waals surface area contributed by atoms with Gasteiger partial charge in [-0.25, -0.2) is 30.3 Å². The second-order valence-corrected chi connectivity index (χ2v) is 12.0. The third-order valence-corrected chi connectivity index (χ3v) is 9.38. The van der Waals surface area contributed by atoms with Crippen LogP contribution in [0.2, 0.25) is 5.02 Å². The molecule has 0 bridgehead atoms. The summed E-state index contributed by atoms with van der Waals surface area (Å²) < 4.78 is 116. The average Bonchev–Trinajstić information content (AvgIpc) is 2.60. The number of alkyl halides is 3. The Labute approximate surface area is 180 Å². The van der Waals surface area contributed by atoms with Crippen LogP contribution in [0.15, 0.2) is 52.5 Å². The molecule has 0 radical (unpaired) electrons. The standard InChI is InChI=1S/C18H17ClF5NO4S2/c1-10-6-12(20)7-15(16(10)21)17(30(26,27)14-4-2-11(19)3-5-14)8-13(9-17)25-31(28,29)18(22,23)24/h2-5,7,10,13,25H,6,8-9H2,1H3. The minimum absolute atomic E-state index is 0.208. The minimum atomic E-state index is -5.75. The molecule has 0 aromatic heterocycles. The first kappa shape index (κ1) is 24.1. The van der Waals surface area contributed by atoms with E-state index in [1.807, 2.05) is 0 Å². The van der Waals surface area contributed by atoms with Gasteiger partial charge in [0.15, 0.2) is 9.84 Å². The summed E-state index contributed by atoms with van der Waals surface area (Å²) in [6, 6.07) is 3.35. The van der Waals surface area contributed by atoms with Crippen LogP contribution in [0.1, 0.15) is 26.2 Å². The van der Waals surface area contributed by atoms with E-state index >= 15 is 0 Å². The summed E-state index contributed by atoms with van der Waals surface area (Å²) >= 11 is 5.77. The Morgan fingerprint density at radius 1 is 1.06 bits per heavy atom. The fourth-order valence-corrected chi connectivity index (χ4v) is 6.91. The zero-order valence-electron chi connectivity index (χ0n) is 15.9. The first-order valence-corrected chi connectivity index (χ1v) is 12.3. The maximum Gasteiger partial charge on any atom is 0.511 e. The highest BCUT2D eigenvalue weighted by Gasteiger charge is 2.60. The smallest absolute Gasteiger partial charge is 0.223 e. The molecule has 2 aliphatic carbocycles. The highest BCUT2D eigenvalue weighted by molar-refractivity contribution is 7.93. The molecular formula is C18H17ClF5NO4S2. The number of benzene rings is 1. The highest BCUT2D eigenvalue weighted by atomic mass is 35.5. The van der Waals surface area contributed by atoms with Gasteiger partial charge in [-0.3, -0.25) is 0 Å². The van der Waals surface area contributed by atoms with Gasteiger partial charge in [-0.1, -0.05) is 18.5 Å². The first-order chi connectivity index (χ1) is 14.1. The summed E-state index contributed by atoms with van der Waals surface area (Å²) in [7, 11) is -10.2. The van der Waals surface area contributed by atoms with E-state index in [0.29, 0.717) is 0 Å². The van der Waals surface area contributed by atoms with E-state index in [9.17, 15) is 38.8 Å². The Hall–Kier alpha value is -1.50. The first-order valence-electron chi connectivity index (χ1n) is 8.96. The van der Waals surface area contributed by atoms with Gasteiger partial charge in [0.2, 0.25) is 0 Å². The van der Waals surface area contributed by atoms with Gasteiger partial charge in [-0.2, -0.15) is 13.2 Å². The third kappa shape index (κ3) is 4.14. The summed E-state index contributed by atoms with van der Waals surface area (Å²) in [5.74, 6) is -2.67. The normalized spacial score (nSPS) is 27.6. The van der Waals surface area contributed by atoms with E-state index in [2.05, 4.69) is 0 Å². The third-order valence-electron chi connectivity index (χ3n) is 5.40. The summed E-state index contributed by atoms with van der Waals surface area (Å²) in [4.78, 5) is -0.304. The predicted octanol–water partition coefficient (Wildman–Crippen LogP) is 4.57. The van der Waals surface area contributed by atoms with Crippen molar-refractivity contribution in [3.8, 4) is 0 Å². The summed E-state index contributed by atoms with van der Waals surface area (Å²) in [6.07, 6.45) is -0.965. The van der Waals surface area contributed by atoms with Crippen molar-refractivity contribution < 1.29 is 38.8 Å². The molecule has 1 aromatic rings.